The van der Waals surface area contributed by atoms with Crippen LogP contribution in [-0.2, 0) is 0 Å². The molecule has 1 aliphatic rings. The number of nitrogens with one attached hydrogen (secondary N) is 2. The second-order valence-electron chi connectivity index (χ2n) is 2.29. The van der Waals surface area contributed by atoms with Crippen molar-refractivity contribution in [2.24, 2.45) is 5.92 Å². The SMILES string of the molecule is CC1CNNC1C.Cl. The summed E-state index contributed by atoms with van der Waals surface area (Å²) < 4.78 is 0. The van der Waals surface area contributed by atoms with Crippen LogP contribution in [0, 0.1) is 5.92 Å². The second kappa shape index (κ2) is 3.28. The third-order valence-corrected chi connectivity index (χ3v) is 1.61. The fourth-order valence-electron chi connectivity index (χ4n) is 0.700. The Morgan fingerprint density at radius 2 is 2.00 bits per heavy atom. The molecule has 0 aliphatic carbocycles. The van der Waals surface area contributed by atoms with Gasteiger partial charge >= 0.3 is 0 Å². The zero-order chi connectivity index (χ0) is 5.28. The summed E-state index contributed by atoms with van der Waals surface area (Å²) in [6.07, 6.45) is 0. The Kier molecular flexibility index (Phi) is 3.36. The summed E-state index contributed by atoms with van der Waals surface area (Å²) in [5.41, 5.74) is 6.19. The van der Waals surface area contributed by atoms with Gasteiger partial charge in [0.2, 0.25) is 0 Å². The molecule has 1 rings (SSSR count). The van der Waals surface area contributed by atoms with E-state index in [0.29, 0.717) is 6.04 Å². The molecule has 1 saturated heterocycles. The topological polar surface area (TPSA) is 24.1 Å². The third kappa shape index (κ3) is 1.62. The van der Waals surface area contributed by atoms with Crippen LogP contribution in [0.4, 0.5) is 0 Å². The quantitative estimate of drug-likeness (QED) is 0.508. The summed E-state index contributed by atoms with van der Waals surface area (Å²) in [6, 6.07) is 0.653. The summed E-state index contributed by atoms with van der Waals surface area (Å²) in [5.74, 6) is 0.792. The number of hydrazine groups is 1. The first-order valence-corrected chi connectivity index (χ1v) is 2.79. The highest BCUT2D eigenvalue weighted by atomic mass is 35.5. The zero-order valence-electron chi connectivity index (χ0n) is 5.27. The molecule has 1 heterocycles. The van der Waals surface area contributed by atoms with E-state index in [2.05, 4.69) is 24.7 Å². The Morgan fingerprint density at radius 3 is 2.12 bits per heavy atom. The van der Waals surface area contributed by atoms with Crippen LogP contribution in [0.5, 0.6) is 0 Å². The van der Waals surface area contributed by atoms with Crippen LogP contribution in [-0.4, -0.2) is 12.6 Å². The predicted octanol–water partition coefficient (Wildman–Crippen LogP) is 0.541. The standard InChI is InChI=1S/C5H12N2.ClH/c1-4-3-6-7-5(4)2;/h4-7H,3H2,1-2H3;1H. The number of hydrogen-bond donors (Lipinski definition) is 2. The largest absolute Gasteiger partial charge is 0.257 e. The van der Waals surface area contributed by atoms with Crippen LogP contribution in [0.3, 0.4) is 0 Å². The van der Waals surface area contributed by atoms with Gasteiger partial charge in [-0.2, -0.15) is 0 Å². The molecule has 0 radical (unpaired) electrons. The summed E-state index contributed by atoms with van der Waals surface area (Å²) in [4.78, 5) is 0. The van der Waals surface area contributed by atoms with Crippen LogP contribution in [0.2, 0.25) is 0 Å². The summed E-state index contributed by atoms with van der Waals surface area (Å²) in [7, 11) is 0. The van der Waals surface area contributed by atoms with Gasteiger partial charge in [-0.1, -0.05) is 6.92 Å². The molecule has 0 amide bonds. The zero-order valence-corrected chi connectivity index (χ0v) is 6.09. The summed E-state index contributed by atoms with van der Waals surface area (Å²) >= 11 is 0. The monoisotopic (exact) mass is 136 g/mol. The third-order valence-electron chi connectivity index (χ3n) is 1.61. The Hall–Kier alpha value is 0.210. The molecule has 0 aromatic rings. The molecule has 0 bridgehead atoms. The highest BCUT2D eigenvalue weighted by molar-refractivity contribution is 5.85. The van der Waals surface area contributed by atoms with Gasteiger partial charge in [-0.05, 0) is 12.8 Å². The van der Waals surface area contributed by atoms with Gasteiger partial charge in [0, 0.05) is 12.6 Å². The van der Waals surface area contributed by atoms with E-state index in [1.807, 2.05) is 0 Å². The van der Waals surface area contributed by atoms with E-state index in [9.17, 15) is 0 Å². The van der Waals surface area contributed by atoms with Crippen LogP contribution >= 0.6 is 12.4 Å². The highest BCUT2D eigenvalue weighted by Gasteiger charge is 2.16. The van der Waals surface area contributed by atoms with E-state index >= 15 is 0 Å². The summed E-state index contributed by atoms with van der Waals surface area (Å²) in [5, 5.41) is 0. The first kappa shape index (κ1) is 8.21. The van der Waals surface area contributed by atoms with Crippen molar-refractivity contribution < 1.29 is 0 Å². The van der Waals surface area contributed by atoms with Crippen molar-refractivity contribution in [1.82, 2.24) is 10.9 Å². The maximum atomic E-state index is 3.12. The number of halogens is 1. The lowest BCUT2D eigenvalue weighted by Gasteiger charge is -2.03. The lowest BCUT2D eigenvalue weighted by molar-refractivity contribution is 0.525. The van der Waals surface area contributed by atoms with E-state index in [0.717, 1.165) is 12.5 Å². The Balaban J connectivity index is 0.000000490. The molecule has 2 atom stereocenters. The molecule has 2 nitrogen and oxygen atoms in total. The molecule has 0 spiro atoms. The van der Waals surface area contributed by atoms with Crippen molar-refractivity contribution in [3.63, 3.8) is 0 Å². The molecular weight excluding hydrogens is 124 g/mol. The van der Waals surface area contributed by atoms with Crippen molar-refractivity contribution in [3.05, 3.63) is 0 Å². The fourth-order valence-corrected chi connectivity index (χ4v) is 0.700. The molecule has 1 fully saturated rings. The van der Waals surface area contributed by atoms with Crippen LogP contribution in [0.15, 0.2) is 0 Å². The van der Waals surface area contributed by atoms with E-state index in [1.165, 1.54) is 0 Å². The van der Waals surface area contributed by atoms with Gasteiger partial charge in [0.05, 0.1) is 0 Å². The molecule has 50 valence electrons. The van der Waals surface area contributed by atoms with Crippen LogP contribution < -0.4 is 10.9 Å². The van der Waals surface area contributed by atoms with Crippen molar-refractivity contribution in [2.45, 2.75) is 19.9 Å². The van der Waals surface area contributed by atoms with Crippen molar-refractivity contribution in [2.75, 3.05) is 6.54 Å². The highest BCUT2D eigenvalue weighted by Crippen LogP contribution is 2.03. The molecule has 2 unspecified atom stereocenters. The van der Waals surface area contributed by atoms with Gasteiger partial charge < -0.3 is 0 Å². The van der Waals surface area contributed by atoms with Gasteiger partial charge in [0.1, 0.15) is 0 Å². The number of hydrogen-bond acceptors (Lipinski definition) is 2. The molecule has 0 aromatic carbocycles. The lowest BCUT2D eigenvalue weighted by Crippen LogP contribution is -2.28. The van der Waals surface area contributed by atoms with Gasteiger partial charge in [-0.25, -0.2) is 0 Å². The molecular formula is C5H13ClN2. The van der Waals surface area contributed by atoms with Gasteiger partial charge in [0.15, 0.2) is 0 Å². The van der Waals surface area contributed by atoms with Gasteiger partial charge in [-0.15, -0.1) is 12.4 Å². The summed E-state index contributed by atoms with van der Waals surface area (Å²) in [6.45, 7) is 5.53. The lowest BCUT2D eigenvalue weighted by atomic mass is 10.1. The molecule has 0 saturated carbocycles. The van der Waals surface area contributed by atoms with E-state index in [4.69, 9.17) is 0 Å². The Labute approximate surface area is 56.4 Å². The van der Waals surface area contributed by atoms with E-state index in [1.54, 1.807) is 0 Å². The van der Waals surface area contributed by atoms with Crippen LogP contribution in [0.1, 0.15) is 13.8 Å². The number of rotatable bonds is 0. The fraction of sp³-hybridized carbons (Fsp3) is 1.00. The maximum absolute atomic E-state index is 3.12. The van der Waals surface area contributed by atoms with Crippen LogP contribution in [0.25, 0.3) is 0 Å². The average molecular weight is 137 g/mol. The van der Waals surface area contributed by atoms with Crippen molar-refractivity contribution in [3.8, 4) is 0 Å². The molecule has 3 heteroatoms. The van der Waals surface area contributed by atoms with E-state index in [-0.39, 0.29) is 12.4 Å². The first-order chi connectivity index (χ1) is 3.30. The van der Waals surface area contributed by atoms with Crippen molar-refractivity contribution in [1.29, 1.82) is 0 Å². The minimum absolute atomic E-state index is 0. The molecule has 8 heavy (non-hydrogen) atoms. The minimum atomic E-state index is 0. The minimum Gasteiger partial charge on any atom is -0.257 e. The molecule has 2 N–H and O–H groups in total. The maximum Gasteiger partial charge on any atom is 0.0222 e. The van der Waals surface area contributed by atoms with Crippen molar-refractivity contribution >= 4 is 12.4 Å². The van der Waals surface area contributed by atoms with Gasteiger partial charge in [-0.3, -0.25) is 10.9 Å². The Bertz CT molecular complexity index is 59.4. The first-order valence-electron chi connectivity index (χ1n) is 2.79. The average Bonchev–Trinajstić information content (AvgIpc) is 1.91. The Morgan fingerprint density at radius 1 is 1.38 bits per heavy atom. The van der Waals surface area contributed by atoms with E-state index < -0.39 is 0 Å². The predicted molar refractivity (Wildman–Crippen MR) is 37.0 cm³/mol. The second-order valence-corrected chi connectivity index (χ2v) is 2.29. The normalized spacial score (nSPS) is 36.8. The molecule has 0 aromatic heterocycles. The molecule has 1 aliphatic heterocycles. The van der Waals surface area contributed by atoms with Gasteiger partial charge in [0.25, 0.3) is 0 Å². The smallest absolute Gasteiger partial charge is 0.0222 e.